The third-order valence-electron chi connectivity index (χ3n) is 5.52. The number of carbonyl (C=O) groups excluding carboxylic acids is 1. The number of anilines is 2. The lowest BCUT2D eigenvalue weighted by atomic mass is 10.1. The number of aromatic nitrogens is 3. The summed E-state index contributed by atoms with van der Waals surface area (Å²) in [7, 11) is -1.86. The van der Waals surface area contributed by atoms with E-state index >= 15 is 0 Å². The van der Waals surface area contributed by atoms with Gasteiger partial charge in [0.15, 0.2) is 11.5 Å². The van der Waals surface area contributed by atoms with Crippen LogP contribution in [0.5, 0.6) is 0 Å². The van der Waals surface area contributed by atoms with Gasteiger partial charge in [0.2, 0.25) is 10.0 Å². The first-order valence-corrected chi connectivity index (χ1v) is 13.0. The van der Waals surface area contributed by atoms with E-state index in [0.29, 0.717) is 38.4 Å². The number of halogens is 1. The summed E-state index contributed by atoms with van der Waals surface area (Å²) in [5, 5.41) is 4.23. The number of nitrogen functional groups attached to an aromatic ring is 1. The molecule has 12 heteroatoms. The lowest BCUT2D eigenvalue weighted by Crippen LogP contribution is -2.32. The molecule has 10 nitrogen and oxygen atoms in total. The molecule has 4 rings (SSSR count). The van der Waals surface area contributed by atoms with Crippen molar-refractivity contribution in [2.24, 2.45) is 7.05 Å². The van der Waals surface area contributed by atoms with Gasteiger partial charge in [-0.3, -0.25) is 14.3 Å². The highest BCUT2D eigenvalue weighted by atomic mass is 35.5. The first-order chi connectivity index (χ1) is 16.9. The van der Waals surface area contributed by atoms with Gasteiger partial charge in [0, 0.05) is 24.0 Å². The Morgan fingerprint density at radius 1 is 1.17 bits per heavy atom. The number of fused-ring (bicyclic) bond motifs is 1. The summed E-state index contributed by atoms with van der Waals surface area (Å²) < 4.78 is 26.9. The van der Waals surface area contributed by atoms with E-state index in [1.165, 1.54) is 10.8 Å². The number of rotatable bonds is 6. The number of nitrogens with zero attached hydrogens (tertiary/aromatic N) is 3. The Balaban J connectivity index is 1.64. The predicted molar refractivity (Wildman–Crippen MR) is 140 cm³/mol. The molecule has 2 heterocycles. The molecular weight excluding hydrogens is 504 g/mol. The Labute approximate surface area is 212 Å². The maximum Gasteiger partial charge on any atom is 0.274 e. The molecule has 0 aliphatic heterocycles. The fourth-order valence-electron chi connectivity index (χ4n) is 3.84. The average Bonchev–Trinajstić information content (AvgIpc) is 2.80. The van der Waals surface area contributed by atoms with Crippen LogP contribution in [0, 0.1) is 0 Å². The first-order valence-electron chi connectivity index (χ1n) is 10.7. The van der Waals surface area contributed by atoms with Crippen LogP contribution in [-0.4, -0.2) is 35.1 Å². The summed E-state index contributed by atoms with van der Waals surface area (Å²) in [4.78, 5) is 34.4. The van der Waals surface area contributed by atoms with Gasteiger partial charge in [0.25, 0.3) is 11.5 Å². The van der Waals surface area contributed by atoms with Crippen molar-refractivity contribution in [3.05, 3.63) is 81.5 Å². The number of hydrogen-bond acceptors (Lipinski definition) is 7. The smallest absolute Gasteiger partial charge is 0.274 e. The number of nitrogens with two attached hydrogens (primary N) is 1. The number of benzene rings is 2. The molecule has 4 N–H and O–H groups in total. The maximum absolute atomic E-state index is 13.1. The van der Waals surface area contributed by atoms with Crippen LogP contribution in [0.4, 0.5) is 11.5 Å². The normalized spacial score (nSPS) is 12.3. The number of pyridine rings is 1. The highest BCUT2D eigenvalue weighted by molar-refractivity contribution is 7.92. The molecule has 1 atom stereocenters. The monoisotopic (exact) mass is 526 g/mol. The molecule has 0 bridgehead atoms. The zero-order valence-electron chi connectivity index (χ0n) is 19.6. The quantitative estimate of drug-likeness (QED) is 0.349. The summed E-state index contributed by atoms with van der Waals surface area (Å²) in [6.45, 7) is 1.73. The standard InChI is InChI=1S/C24H23ClN6O4S/c1-13(19-11-15-7-5-9-17(25)20(15)24(33)31(19)2)28-23(32)21-22(26)27-12-18(29-21)14-6-4-8-16(10-14)30-36(3,34)35/h4-13,30H,1-3H3,(H2,26,27)(H,28,32)/t13-/m0/s1. The van der Waals surface area contributed by atoms with E-state index in [-0.39, 0.29) is 17.1 Å². The summed E-state index contributed by atoms with van der Waals surface area (Å²) in [6.07, 6.45) is 2.44. The molecule has 2 aromatic heterocycles. The minimum Gasteiger partial charge on any atom is -0.382 e. The third kappa shape index (κ3) is 5.16. The van der Waals surface area contributed by atoms with Crippen LogP contribution in [0.1, 0.15) is 29.1 Å². The van der Waals surface area contributed by atoms with Crippen molar-refractivity contribution in [3.8, 4) is 11.3 Å². The third-order valence-corrected chi connectivity index (χ3v) is 6.45. The van der Waals surface area contributed by atoms with Crippen LogP contribution >= 0.6 is 11.6 Å². The Hall–Kier alpha value is -3.96. The SMILES string of the molecule is C[C@H](NC(=O)c1nc(-c2cccc(NS(C)(=O)=O)c2)cnc1N)c1cc2cccc(Cl)c2c(=O)n1C. The molecule has 0 aliphatic rings. The van der Waals surface area contributed by atoms with E-state index < -0.39 is 22.0 Å². The maximum atomic E-state index is 13.1. The first kappa shape index (κ1) is 25.1. The van der Waals surface area contributed by atoms with Crippen LogP contribution in [-0.2, 0) is 17.1 Å². The molecule has 0 saturated carbocycles. The van der Waals surface area contributed by atoms with Gasteiger partial charge in [-0.25, -0.2) is 18.4 Å². The van der Waals surface area contributed by atoms with Gasteiger partial charge in [-0.15, -0.1) is 0 Å². The molecule has 1 amide bonds. The fraction of sp³-hybridized carbons (Fsp3) is 0.167. The van der Waals surface area contributed by atoms with Crippen molar-refractivity contribution in [1.29, 1.82) is 0 Å². The van der Waals surface area contributed by atoms with Crippen LogP contribution in [0.25, 0.3) is 22.0 Å². The van der Waals surface area contributed by atoms with Crippen molar-refractivity contribution in [2.45, 2.75) is 13.0 Å². The Morgan fingerprint density at radius 3 is 2.61 bits per heavy atom. The Morgan fingerprint density at radius 2 is 1.89 bits per heavy atom. The summed E-state index contributed by atoms with van der Waals surface area (Å²) in [6, 6.07) is 12.9. The minimum atomic E-state index is -3.47. The molecule has 36 heavy (non-hydrogen) atoms. The van der Waals surface area contributed by atoms with E-state index in [4.69, 9.17) is 17.3 Å². The second-order valence-electron chi connectivity index (χ2n) is 8.28. The van der Waals surface area contributed by atoms with Crippen LogP contribution in [0.3, 0.4) is 0 Å². The van der Waals surface area contributed by atoms with E-state index in [1.54, 1.807) is 62.5 Å². The topological polar surface area (TPSA) is 149 Å². The summed E-state index contributed by atoms with van der Waals surface area (Å²) >= 11 is 6.21. The number of amides is 1. The largest absolute Gasteiger partial charge is 0.382 e. The highest BCUT2D eigenvalue weighted by Crippen LogP contribution is 2.25. The molecule has 4 aromatic rings. The number of nitrogens with one attached hydrogen (secondary N) is 2. The Kier molecular flexibility index (Phi) is 6.70. The second-order valence-corrected chi connectivity index (χ2v) is 10.4. The van der Waals surface area contributed by atoms with Crippen LogP contribution in [0.2, 0.25) is 5.02 Å². The van der Waals surface area contributed by atoms with Crippen LogP contribution in [0.15, 0.2) is 59.5 Å². The molecule has 186 valence electrons. The van der Waals surface area contributed by atoms with Gasteiger partial charge in [-0.1, -0.05) is 35.9 Å². The lowest BCUT2D eigenvalue weighted by molar-refractivity contribution is 0.0934. The molecule has 0 saturated heterocycles. The molecule has 0 fully saturated rings. The zero-order valence-corrected chi connectivity index (χ0v) is 21.2. The summed E-state index contributed by atoms with van der Waals surface area (Å²) in [5.74, 6) is -0.661. The number of hydrogen-bond donors (Lipinski definition) is 3. The van der Waals surface area contributed by atoms with Crippen molar-refractivity contribution in [2.75, 3.05) is 16.7 Å². The molecule has 0 radical (unpaired) electrons. The van der Waals surface area contributed by atoms with Gasteiger partial charge in [-0.05, 0) is 36.6 Å². The predicted octanol–water partition coefficient (Wildman–Crippen LogP) is 3.09. The molecule has 0 aliphatic carbocycles. The molecular formula is C24H23ClN6O4S. The summed E-state index contributed by atoms with van der Waals surface area (Å²) in [5.41, 5.74) is 7.32. The van der Waals surface area contributed by atoms with Gasteiger partial charge in [0.05, 0.1) is 34.6 Å². The van der Waals surface area contributed by atoms with E-state index in [9.17, 15) is 18.0 Å². The Bertz CT molecular complexity index is 1670. The van der Waals surface area contributed by atoms with Crippen molar-refractivity contribution in [3.63, 3.8) is 0 Å². The highest BCUT2D eigenvalue weighted by Gasteiger charge is 2.20. The fourth-order valence-corrected chi connectivity index (χ4v) is 4.66. The molecule has 0 unspecified atom stereocenters. The lowest BCUT2D eigenvalue weighted by Gasteiger charge is -2.19. The van der Waals surface area contributed by atoms with Gasteiger partial charge in [0.1, 0.15) is 0 Å². The second kappa shape index (κ2) is 9.59. The van der Waals surface area contributed by atoms with E-state index in [1.807, 2.05) is 0 Å². The van der Waals surface area contributed by atoms with E-state index in [2.05, 4.69) is 20.0 Å². The van der Waals surface area contributed by atoms with Gasteiger partial charge < -0.3 is 15.6 Å². The average molecular weight is 527 g/mol. The molecule has 0 spiro atoms. The minimum absolute atomic E-state index is 0.0759. The van der Waals surface area contributed by atoms with Gasteiger partial charge >= 0.3 is 0 Å². The van der Waals surface area contributed by atoms with E-state index in [0.717, 1.165) is 6.26 Å². The number of carbonyl (C=O) groups is 1. The van der Waals surface area contributed by atoms with Gasteiger partial charge in [-0.2, -0.15) is 0 Å². The molecule has 2 aromatic carbocycles. The number of sulfonamides is 1. The van der Waals surface area contributed by atoms with Crippen LogP contribution < -0.4 is 21.3 Å². The van der Waals surface area contributed by atoms with Crippen molar-refractivity contribution in [1.82, 2.24) is 19.9 Å². The zero-order chi connectivity index (χ0) is 26.2. The van der Waals surface area contributed by atoms with Crippen molar-refractivity contribution >= 4 is 49.8 Å². The van der Waals surface area contributed by atoms with Crippen molar-refractivity contribution < 1.29 is 13.2 Å².